The van der Waals surface area contributed by atoms with Gasteiger partial charge in [-0.3, -0.25) is 0 Å². The summed E-state index contributed by atoms with van der Waals surface area (Å²) in [6.45, 7) is 5.40. The standard InChI is InChI=1S/C14H19N5O/c1-3-15-12-7-13(18-14(17-12)10-4-5-10)16-8-11-6-9(2)20-19-11/h6-7,10H,3-5,8H2,1-2H3,(H2,15,16,17,18). The molecule has 106 valence electrons. The van der Waals surface area contributed by atoms with Crippen LogP contribution < -0.4 is 10.6 Å². The van der Waals surface area contributed by atoms with Gasteiger partial charge in [0.25, 0.3) is 0 Å². The van der Waals surface area contributed by atoms with Crippen molar-refractivity contribution in [2.45, 2.75) is 39.2 Å². The van der Waals surface area contributed by atoms with E-state index in [0.717, 1.165) is 35.5 Å². The highest BCUT2D eigenvalue weighted by Crippen LogP contribution is 2.38. The minimum Gasteiger partial charge on any atom is -0.370 e. The van der Waals surface area contributed by atoms with Crippen LogP contribution in [0.5, 0.6) is 0 Å². The molecule has 1 aliphatic carbocycles. The minimum absolute atomic E-state index is 0.531. The Morgan fingerprint density at radius 2 is 1.95 bits per heavy atom. The Kier molecular flexibility index (Phi) is 3.54. The van der Waals surface area contributed by atoms with Crippen molar-refractivity contribution in [1.82, 2.24) is 15.1 Å². The third kappa shape index (κ3) is 3.07. The highest BCUT2D eigenvalue weighted by atomic mass is 16.5. The molecule has 0 aromatic carbocycles. The molecular weight excluding hydrogens is 254 g/mol. The van der Waals surface area contributed by atoms with Crippen molar-refractivity contribution in [3.63, 3.8) is 0 Å². The van der Waals surface area contributed by atoms with E-state index < -0.39 is 0 Å². The van der Waals surface area contributed by atoms with Gasteiger partial charge in [0.05, 0.1) is 6.54 Å². The number of nitrogens with zero attached hydrogens (tertiary/aromatic N) is 3. The van der Waals surface area contributed by atoms with Crippen molar-refractivity contribution in [2.24, 2.45) is 0 Å². The summed E-state index contributed by atoms with van der Waals surface area (Å²) in [6.07, 6.45) is 2.38. The first-order valence-corrected chi connectivity index (χ1v) is 7.03. The monoisotopic (exact) mass is 273 g/mol. The van der Waals surface area contributed by atoms with Gasteiger partial charge in [-0.25, -0.2) is 9.97 Å². The van der Waals surface area contributed by atoms with E-state index in [1.807, 2.05) is 19.1 Å². The van der Waals surface area contributed by atoms with E-state index in [2.05, 4.69) is 32.7 Å². The third-order valence-corrected chi connectivity index (χ3v) is 3.17. The fourth-order valence-corrected chi connectivity index (χ4v) is 2.03. The molecule has 0 bridgehead atoms. The zero-order valence-electron chi connectivity index (χ0n) is 11.8. The number of anilines is 2. The van der Waals surface area contributed by atoms with Gasteiger partial charge in [0, 0.05) is 24.6 Å². The van der Waals surface area contributed by atoms with Crippen LogP contribution in [0, 0.1) is 6.92 Å². The predicted octanol–water partition coefficient (Wildman–Crippen LogP) is 2.69. The second kappa shape index (κ2) is 5.48. The Labute approximate surface area is 118 Å². The molecule has 2 N–H and O–H groups in total. The van der Waals surface area contributed by atoms with Crippen molar-refractivity contribution in [1.29, 1.82) is 0 Å². The number of hydrogen-bond donors (Lipinski definition) is 2. The number of rotatable bonds is 6. The molecule has 0 aliphatic heterocycles. The number of aromatic nitrogens is 3. The van der Waals surface area contributed by atoms with E-state index in [1.165, 1.54) is 12.8 Å². The van der Waals surface area contributed by atoms with Gasteiger partial charge in [0.15, 0.2) is 0 Å². The highest BCUT2D eigenvalue weighted by molar-refractivity contribution is 5.48. The van der Waals surface area contributed by atoms with Gasteiger partial charge in [-0.15, -0.1) is 0 Å². The molecule has 1 saturated carbocycles. The molecule has 2 aromatic heterocycles. The molecule has 2 aromatic rings. The summed E-state index contributed by atoms with van der Waals surface area (Å²) in [5.41, 5.74) is 0.874. The lowest BCUT2D eigenvalue weighted by Crippen LogP contribution is -2.08. The Morgan fingerprint density at radius 1 is 1.20 bits per heavy atom. The lowest BCUT2D eigenvalue weighted by Gasteiger charge is -2.09. The highest BCUT2D eigenvalue weighted by Gasteiger charge is 2.27. The molecule has 6 heteroatoms. The second-order valence-electron chi connectivity index (χ2n) is 5.08. The van der Waals surface area contributed by atoms with Crippen molar-refractivity contribution in [3.8, 4) is 0 Å². The maximum Gasteiger partial charge on any atom is 0.136 e. The maximum absolute atomic E-state index is 5.05. The Morgan fingerprint density at radius 3 is 2.55 bits per heavy atom. The molecule has 0 unspecified atom stereocenters. The molecule has 0 radical (unpaired) electrons. The first-order valence-electron chi connectivity index (χ1n) is 7.03. The van der Waals surface area contributed by atoms with Crippen LogP contribution in [0.2, 0.25) is 0 Å². The van der Waals surface area contributed by atoms with Crippen LogP contribution in [0.15, 0.2) is 16.7 Å². The van der Waals surface area contributed by atoms with Gasteiger partial charge < -0.3 is 15.2 Å². The van der Waals surface area contributed by atoms with Gasteiger partial charge >= 0.3 is 0 Å². The van der Waals surface area contributed by atoms with Crippen molar-refractivity contribution >= 4 is 11.6 Å². The quantitative estimate of drug-likeness (QED) is 0.842. The maximum atomic E-state index is 5.05. The normalized spacial score (nSPS) is 14.3. The lowest BCUT2D eigenvalue weighted by molar-refractivity contribution is 0.391. The van der Waals surface area contributed by atoms with Gasteiger partial charge in [-0.2, -0.15) is 0 Å². The summed E-state index contributed by atoms with van der Waals surface area (Å²) >= 11 is 0. The topological polar surface area (TPSA) is 75.9 Å². The Bertz CT molecular complexity index is 591. The van der Waals surface area contributed by atoms with Crippen LogP contribution in [-0.4, -0.2) is 21.7 Å². The summed E-state index contributed by atoms with van der Waals surface area (Å²) in [7, 11) is 0. The molecule has 0 spiro atoms. The van der Waals surface area contributed by atoms with Crippen molar-refractivity contribution < 1.29 is 4.52 Å². The molecule has 0 saturated heterocycles. The molecule has 6 nitrogen and oxygen atoms in total. The van der Waals surface area contributed by atoms with Gasteiger partial charge in [0.2, 0.25) is 0 Å². The fourth-order valence-electron chi connectivity index (χ4n) is 2.03. The van der Waals surface area contributed by atoms with E-state index in [9.17, 15) is 0 Å². The van der Waals surface area contributed by atoms with E-state index in [-0.39, 0.29) is 0 Å². The summed E-state index contributed by atoms with van der Waals surface area (Å²) < 4.78 is 5.05. The van der Waals surface area contributed by atoms with Crippen LogP contribution in [0.25, 0.3) is 0 Å². The molecule has 1 aliphatic rings. The van der Waals surface area contributed by atoms with Crippen LogP contribution in [-0.2, 0) is 6.54 Å². The Balaban J connectivity index is 1.73. The molecular formula is C14H19N5O. The van der Waals surface area contributed by atoms with Crippen molar-refractivity contribution in [2.75, 3.05) is 17.2 Å². The number of nitrogens with one attached hydrogen (secondary N) is 2. The smallest absolute Gasteiger partial charge is 0.136 e. The third-order valence-electron chi connectivity index (χ3n) is 3.17. The van der Waals surface area contributed by atoms with E-state index in [4.69, 9.17) is 4.52 Å². The molecule has 20 heavy (non-hydrogen) atoms. The summed E-state index contributed by atoms with van der Waals surface area (Å²) in [5.74, 6) is 3.99. The summed E-state index contributed by atoms with van der Waals surface area (Å²) in [4.78, 5) is 9.13. The zero-order chi connectivity index (χ0) is 13.9. The average Bonchev–Trinajstić information content (AvgIpc) is 3.20. The molecule has 3 rings (SSSR count). The number of hydrogen-bond acceptors (Lipinski definition) is 6. The Hall–Kier alpha value is -2.11. The van der Waals surface area contributed by atoms with Gasteiger partial charge in [0.1, 0.15) is 28.9 Å². The first-order chi connectivity index (χ1) is 9.74. The molecule has 2 heterocycles. The zero-order valence-corrected chi connectivity index (χ0v) is 11.8. The first kappa shape index (κ1) is 12.9. The van der Waals surface area contributed by atoms with Crippen LogP contribution in [0.4, 0.5) is 11.6 Å². The largest absolute Gasteiger partial charge is 0.370 e. The van der Waals surface area contributed by atoms with Crippen LogP contribution >= 0.6 is 0 Å². The van der Waals surface area contributed by atoms with E-state index in [0.29, 0.717) is 12.5 Å². The van der Waals surface area contributed by atoms with Crippen molar-refractivity contribution in [3.05, 3.63) is 29.4 Å². The van der Waals surface area contributed by atoms with E-state index >= 15 is 0 Å². The minimum atomic E-state index is 0.531. The summed E-state index contributed by atoms with van der Waals surface area (Å²) in [6, 6.07) is 3.85. The molecule has 0 atom stereocenters. The van der Waals surface area contributed by atoms with Gasteiger partial charge in [-0.05, 0) is 26.7 Å². The lowest BCUT2D eigenvalue weighted by atomic mass is 10.3. The van der Waals surface area contributed by atoms with Gasteiger partial charge in [-0.1, -0.05) is 5.16 Å². The number of aryl methyl sites for hydroxylation is 1. The predicted molar refractivity (Wildman–Crippen MR) is 76.7 cm³/mol. The molecule has 1 fully saturated rings. The SMILES string of the molecule is CCNc1cc(NCc2cc(C)on2)nc(C2CC2)n1. The van der Waals surface area contributed by atoms with Crippen LogP contribution in [0.1, 0.15) is 43.0 Å². The fraction of sp³-hybridized carbons (Fsp3) is 0.500. The molecule has 0 amide bonds. The second-order valence-corrected chi connectivity index (χ2v) is 5.08. The van der Waals surface area contributed by atoms with Crippen LogP contribution in [0.3, 0.4) is 0 Å². The van der Waals surface area contributed by atoms with E-state index in [1.54, 1.807) is 0 Å². The average molecular weight is 273 g/mol. The summed E-state index contributed by atoms with van der Waals surface area (Å²) in [5, 5.41) is 10.5.